The lowest BCUT2D eigenvalue weighted by Crippen LogP contribution is -2.17. The van der Waals surface area contributed by atoms with Crippen LogP contribution in [0.1, 0.15) is 12.2 Å². The number of aromatic amines is 1. The Morgan fingerprint density at radius 2 is 2.11 bits per heavy atom. The summed E-state index contributed by atoms with van der Waals surface area (Å²) >= 11 is 0. The standard InChI is InChI=1S/C12H13N3O3/c1-18-11(16)8-7-10-13-14-12(17)15(10)9-5-3-2-4-6-9/h2-6H,7-8H2,1H3,(H,14,17). The second-order valence-corrected chi connectivity index (χ2v) is 3.69. The van der Waals surface area contributed by atoms with Crippen molar-refractivity contribution in [2.45, 2.75) is 12.8 Å². The molecule has 1 aromatic heterocycles. The van der Waals surface area contributed by atoms with Crippen LogP contribution in [0, 0.1) is 0 Å². The molecule has 1 N–H and O–H groups in total. The predicted octanol–water partition coefficient (Wildman–Crippen LogP) is 0.666. The smallest absolute Gasteiger partial charge is 0.347 e. The maximum absolute atomic E-state index is 11.7. The van der Waals surface area contributed by atoms with Gasteiger partial charge in [0, 0.05) is 6.42 Å². The van der Waals surface area contributed by atoms with Crippen molar-refractivity contribution in [1.29, 1.82) is 0 Å². The van der Waals surface area contributed by atoms with Gasteiger partial charge >= 0.3 is 11.7 Å². The summed E-state index contributed by atoms with van der Waals surface area (Å²) < 4.78 is 6.01. The van der Waals surface area contributed by atoms with Gasteiger partial charge in [-0.3, -0.25) is 4.79 Å². The average Bonchev–Trinajstić information content (AvgIpc) is 2.78. The van der Waals surface area contributed by atoms with Gasteiger partial charge in [-0.05, 0) is 12.1 Å². The van der Waals surface area contributed by atoms with Crippen molar-refractivity contribution in [3.63, 3.8) is 0 Å². The molecule has 1 heterocycles. The third-order valence-electron chi connectivity index (χ3n) is 2.54. The van der Waals surface area contributed by atoms with E-state index in [0.717, 1.165) is 5.69 Å². The lowest BCUT2D eigenvalue weighted by molar-refractivity contribution is -0.140. The van der Waals surface area contributed by atoms with Crippen LogP contribution in [-0.2, 0) is 16.0 Å². The van der Waals surface area contributed by atoms with Gasteiger partial charge in [0.2, 0.25) is 0 Å². The number of ether oxygens (including phenoxy) is 1. The lowest BCUT2D eigenvalue weighted by Gasteiger charge is -2.04. The first-order chi connectivity index (χ1) is 8.72. The van der Waals surface area contributed by atoms with Gasteiger partial charge < -0.3 is 4.74 Å². The van der Waals surface area contributed by atoms with E-state index in [0.29, 0.717) is 12.2 Å². The summed E-state index contributed by atoms with van der Waals surface area (Å²) in [5.74, 6) is 0.182. The summed E-state index contributed by atoms with van der Waals surface area (Å²) in [6, 6.07) is 9.14. The first-order valence-electron chi connectivity index (χ1n) is 5.51. The third-order valence-corrected chi connectivity index (χ3v) is 2.54. The Morgan fingerprint density at radius 1 is 1.39 bits per heavy atom. The highest BCUT2D eigenvalue weighted by molar-refractivity contribution is 5.69. The Morgan fingerprint density at radius 3 is 2.78 bits per heavy atom. The van der Waals surface area contributed by atoms with Crippen molar-refractivity contribution in [2.75, 3.05) is 7.11 Å². The Hall–Kier alpha value is -2.37. The quantitative estimate of drug-likeness (QED) is 0.805. The van der Waals surface area contributed by atoms with Gasteiger partial charge in [-0.2, -0.15) is 5.10 Å². The number of aryl methyl sites for hydroxylation is 1. The highest BCUT2D eigenvalue weighted by Crippen LogP contribution is 2.07. The molecule has 0 amide bonds. The van der Waals surface area contributed by atoms with E-state index in [-0.39, 0.29) is 18.1 Å². The number of carbonyl (C=O) groups is 1. The fourth-order valence-electron chi connectivity index (χ4n) is 1.66. The lowest BCUT2D eigenvalue weighted by atomic mass is 10.2. The number of para-hydroxylation sites is 1. The summed E-state index contributed by atoms with van der Waals surface area (Å²) in [7, 11) is 1.33. The number of H-pyrrole nitrogens is 1. The molecule has 0 radical (unpaired) electrons. The normalized spacial score (nSPS) is 10.3. The van der Waals surface area contributed by atoms with E-state index in [4.69, 9.17) is 0 Å². The van der Waals surface area contributed by atoms with Gasteiger partial charge in [0.15, 0.2) is 0 Å². The molecule has 0 bridgehead atoms. The third kappa shape index (κ3) is 2.48. The van der Waals surface area contributed by atoms with Crippen LogP contribution in [0.4, 0.5) is 0 Å². The highest BCUT2D eigenvalue weighted by atomic mass is 16.5. The molecule has 6 nitrogen and oxygen atoms in total. The van der Waals surface area contributed by atoms with Gasteiger partial charge in [0.25, 0.3) is 0 Å². The Labute approximate surface area is 103 Å². The monoisotopic (exact) mass is 247 g/mol. The maximum Gasteiger partial charge on any atom is 0.347 e. The highest BCUT2D eigenvalue weighted by Gasteiger charge is 2.11. The molecule has 0 unspecified atom stereocenters. The number of esters is 1. The maximum atomic E-state index is 11.7. The number of carbonyl (C=O) groups excluding carboxylic acids is 1. The van der Waals surface area contributed by atoms with Crippen LogP contribution >= 0.6 is 0 Å². The summed E-state index contributed by atoms with van der Waals surface area (Å²) in [4.78, 5) is 22.8. The largest absolute Gasteiger partial charge is 0.469 e. The van der Waals surface area contributed by atoms with E-state index in [2.05, 4.69) is 14.9 Å². The molecular formula is C12H13N3O3. The zero-order valence-electron chi connectivity index (χ0n) is 9.92. The van der Waals surface area contributed by atoms with Crippen LogP contribution in [0.2, 0.25) is 0 Å². The molecule has 94 valence electrons. The van der Waals surface area contributed by atoms with Crippen LogP contribution in [0.5, 0.6) is 0 Å². The van der Waals surface area contributed by atoms with E-state index in [1.807, 2.05) is 18.2 Å². The number of benzene rings is 1. The Bertz CT molecular complexity index is 586. The molecule has 18 heavy (non-hydrogen) atoms. The average molecular weight is 247 g/mol. The molecule has 0 aliphatic heterocycles. The number of nitrogens with zero attached hydrogens (tertiary/aromatic N) is 2. The number of aromatic nitrogens is 3. The van der Waals surface area contributed by atoms with Gasteiger partial charge in [-0.25, -0.2) is 14.5 Å². The molecule has 0 atom stereocenters. The van der Waals surface area contributed by atoms with E-state index < -0.39 is 0 Å². The fraction of sp³-hybridized carbons (Fsp3) is 0.250. The summed E-state index contributed by atoms with van der Waals surface area (Å²) in [5.41, 5.74) is 0.400. The molecule has 0 saturated carbocycles. The second-order valence-electron chi connectivity index (χ2n) is 3.69. The molecule has 0 aliphatic rings. The zero-order valence-corrected chi connectivity index (χ0v) is 9.92. The van der Waals surface area contributed by atoms with Crippen LogP contribution in [0.15, 0.2) is 35.1 Å². The van der Waals surface area contributed by atoms with E-state index >= 15 is 0 Å². The minimum atomic E-state index is -0.329. The number of hydrogen-bond donors (Lipinski definition) is 1. The number of nitrogens with one attached hydrogen (secondary N) is 1. The minimum absolute atomic E-state index is 0.188. The van der Waals surface area contributed by atoms with Gasteiger partial charge in [-0.15, -0.1) is 0 Å². The summed E-state index contributed by atoms with van der Waals surface area (Å²) in [6.07, 6.45) is 0.536. The molecule has 0 saturated heterocycles. The summed E-state index contributed by atoms with van der Waals surface area (Å²) in [6.45, 7) is 0. The molecule has 6 heteroatoms. The van der Waals surface area contributed by atoms with E-state index in [9.17, 15) is 9.59 Å². The van der Waals surface area contributed by atoms with Gasteiger partial charge in [0.1, 0.15) is 5.82 Å². The Kier molecular flexibility index (Phi) is 3.57. The minimum Gasteiger partial charge on any atom is -0.469 e. The van der Waals surface area contributed by atoms with Crippen LogP contribution < -0.4 is 5.69 Å². The van der Waals surface area contributed by atoms with E-state index in [1.165, 1.54) is 11.7 Å². The topological polar surface area (TPSA) is 77.0 Å². The first kappa shape index (κ1) is 12.1. The van der Waals surface area contributed by atoms with Crippen LogP contribution in [0.3, 0.4) is 0 Å². The molecule has 0 spiro atoms. The summed E-state index contributed by atoms with van der Waals surface area (Å²) in [5, 5.41) is 6.30. The zero-order chi connectivity index (χ0) is 13.0. The predicted molar refractivity (Wildman–Crippen MR) is 64.5 cm³/mol. The number of rotatable bonds is 4. The van der Waals surface area contributed by atoms with Crippen molar-refractivity contribution < 1.29 is 9.53 Å². The van der Waals surface area contributed by atoms with Crippen molar-refractivity contribution in [3.05, 3.63) is 46.6 Å². The van der Waals surface area contributed by atoms with Crippen molar-refractivity contribution in [2.24, 2.45) is 0 Å². The fourth-order valence-corrected chi connectivity index (χ4v) is 1.66. The van der Waals surface area contributed by atoms with Crippen LogP contribution in [-0.4, -0.2) is 27.8 Å². The molecule has 2 aromatic rings. The molecule has 0 fully saturated rings. The van der Waals surface area contributed by atoms with Crippen molar-refractivity contribution in [3.8, 4) is 5.69 Å². The number of hydrogen-bond acceptors (Lipinski definition) is 4. The second kappa shape index (κ2) is 5.31. The van der Waals surface area contributed by atoms with Gasteiger partial charge in [-0.1, -0.05) is 18.2 Å². The van der Waals surface area contributed by atoms with Crippen molar-refractivity contribution >= 4 is 5.97 Å². The molecule has 2 rings (SSSR count). The molecular weight excluding hydrogens is 234 g/mol. The SMILES string of the molecule is COC(=O)CCc1n[nH]c(=O)n1-c1ccccc1. The molecule has 0 aliphatic carbocycles. The van der Waals surface area contributed by atoms with Crippen molar-refractivity contribution in [1.82, 2.24) is 14.8 Å². The molecule has 1 aromatic carbocycles. The van der Waals surface area contributed by atoms with Gasteiger partial charge in [0.05, 0.1) is 19.2 Å². The van der Waals surface area contributed by atoms with E-state index in [1.54, 1.807) is 12.1 Å². The first-order valence-corrected chi connectivity index (χ1v) is 5.51. The van der Waals surface area contributed by atoms with Crippen LogP contribution in [0.25, 0.3) is 5.69 Å². The number of methoxy groups -OCH3 is 1. The Balaban J connectivity index is 2.28.